The van der Waals surface area contributed by atoms with Crippen LogP contribution < -0.4 is 10.1 Å². The summed E-state index contributed by atoms with van der Waals surface area (Å²) in [5.41, 5.74) is 3.56. The number of hydrogen-bond acceptors (Lipinski definition) is 6. The van der Waals surface area contributed by atoms with Crippen LogP contribution in [0.25, 0.3) is 11.0 Å². The fraction of sp³-hybridized carbons (Fsp3) is 0.174. The zero-order chi connectivity index (χ0) is 21.6. The van der Waals surface area contributed by atoms with E-state index in [1.807, 2.05) is 59.4 Å². The minimum Gasteiger partial charge on any atom is -0.497 e. The number of carbonyl (C=O) groups is 1. The molecule has 0 saturated heterocycles. The number of ether oxygens (including phenoxy) is 1. The van der Waals surface area contributed by atoms with Gasteiger partial charge in [-0.3, -0.25) is 9.78 Å². The molecular weight excluding hydrogens is 428 g/mol. The van der Waals surface area contributed by atoms with Gasteiger partial charge < -0.3 is 14.6 Å². The number of imidazole rings is 1. The number of nitrogens with one attached hydrogen (secondary N) is 1. The Morgan fingerprint density at radius 2 is 2.03 bits per heavy atom. The number of pyridine rings is 1. The Balaban J connectivity index is 1.55. The number of methoxy groups -OCH3 is 1. The van der Waals surface area contributed by atoms with E-state index in [0.29, 0.717) is 5.75 Å². The predicted molar refractivity (Wildman–Crippen MR) is 127 cm³/mol. The van der Waals surface area contributed by atoms with Gasteiger partial charge in [0.15, 0.2) is 5.16 Å². The van der Waals surface area contributed by atoms with Gasteiger partial charge in [0.25, 0.3) is 0 Å². The molecule has 0 radical (unpaired) electrons. The van der Waals surface area contributed by atoms with Crippen molar-refractivity contribution in [1.29, 1.82) is 0 Å². The topological polar surface area (TPSA) is 69.0 Å². The molecule has 4 aromatic rings. The van der Waals surface area contributed by atoms with E-state index in [1.165, 1.54) is 0 Å². The molecule has 158 valence electrons. The van der Waals surface area contributed by atoms with Crippen molar-refractivity contribution >= 4 is 46.2 Å². The van der Waals surface area contributed by atoms with E-state index in [9.17, 15) is 4.79 Å². The first kappa shape index (κ1) is 21.3. The van der Waals surface area contributed by atoms with Crippen LogP contribution in [-0.2, 0) is 17.1 Å². The molecule has 2 aromatic carbocycles. The highest BCUT2D eigenvalue weighted by atomic mass is 32.2. The van der Waals surface area contributed by atoms with Crippen molar-refractivity contribution in [3.8, 4) is 5.75 Å². The van der Waals surface area contributed by atoms with E-state index in [4.69, 9.17) is 9.72 Å². The maximum absolute atomic E-state index is 12.8. The second-order valence-electron chi connectivity index (χ2n) is 6.77. The zero-order valence-electron chi connectivity index (χ0n) is 17.2. The normalized spacial score (nSPS) is 10.9. The molecule has 0 unspecified atom stereocenters. The average Bonchev–Trinajstić information content (AvgIpc) is 3.15. The Kier molecular flexibility index (Phi) is 6.79. The van der Waals surface area contributed by atoms with Crippen molar-refractivity contribution in [2.24, 2.45) is 0 Å². The van der Waals surface area contributed by atoms with E-state index < -0.39 is 0 Å². The number of hydrogen-bond donors (Lipinski definition) is 1. The van der Waals surface area contributed by atoms with Crippen LogP contribution in [0.4, 0.5) is 5.69 Å². The number of carbonyl (C=O) groups excluding carboxylic acids is 1. The van der Waals surface area contributed by atoms with E-state index in [-0.39, 0.29) is 12.5 Å². The number of rotatable bonds is 8. The Morgan fingerprint density at radius 3 is 2.87 bits per heavy atom. The van der Waals surface area contributed by atoms with Gasteiger partial charge in [-0.15, -0.1) is 11.8 Å². The molecule has 0 bridgehead atoms. The average molecular weight is 451 g/mol. The van der Waals surface area contributed by atoms with Gasteiger partial charge in [-0.1, -0.05) is 30.0 Å². The molecule has 31 heavy (non-hydrogen) atoms. The van der Waals surface area contributed by atoms with Gasteiger partial charge in [-0.05, 0) is 48.2 Å². The van der Waals surface area contributed by atoms with Gasteiger partial charge in [0.2, 0.25) is 5.91 Å². The molecule has 2 aromatic heterocycles. The van der Waals surface area contributed by atoms with Crippen molar-refractivity contribution in [3.63, 3.8) is 0 Å². The minimum atomic E-state index is -0.107. The summed E-state index contributed by atoms with van der Waals surface area (Å²) in [6, 6.07) is 17.6. The third-order valence-electron chi connectivity index (χ3n) is 4.67. The van der Waals surface area contributed by atoms with Crippen LogP contribution in [0.5, 0.6) is 5.75 Å². The van der Waals surface area contributed by atoms with E-state index >= 15 is 0 Å². The van der Waals surface area contributed by atoms with Gasteiger partial charge >= 0.3 is 0 Å². The summed E-state index contributed by atoms with van der Waals surface area (Å²) < 4.78 is 7.23. The van der Waals surface area contributed by atoms with Gasteiger partial charge in [-0.2, -0.15) is 0 Å². The predicted octanol–water partition coefficient (Wildman–Crippen LogP) is 5.09. The molecule has 0 aliphatic heterocycles. The molecule has 2 heterocycles. The maximum Gasteiger partial charge on any atom is 0.244 e. The Labute approximate surface area is 189 Å². The minimum absolute atomic E-state index is 0.107. The SMILES string of the molecule is COc1cccc(CSc2nc3ccncc3n2CC(=O)Nc2cccc(SC)c2)c1. The van der Waals surface area contributed by atoms with Crippen molar-refractivity contribution < 1.29 is 9.53 Å². The summed E-state index contributed by atoms with van der Waals surface area (Å²) in [5.74, 6) is 1.43. The summed E-state index contributed by atoms with van der Waals surface area (Å²) in [5, 5.41) is 3.77. The maximum atomic E-state index is 12.8. The first-order valence-electron chi connectivity index (χ1n) is 9.66. The number of anilines is 1. The fourth-order valence-corrected chi connectivity index (χ4v) is 4.58. The van der Waals surface area contributed by atoms with Gasteiger partial charge in [-0.25, -0.2) is 4.98 Å². The lowest BCUT2D eigenvalue weighted by atomic mass is 10.2. The number of thioether (sulfide) groups is 2. The van der Waals surface area contributed by atoms with E-state index in [2.05, 4.69) is 16.4 Å². The van der Waals surface area contributed by atoms with Crippen LogP contribution in [-0.4, -0.2) is 33.8 Å². The third kappa shape index (κ3) is 5.21. The highest BCUT2D eigenvalue weighted by molar-refractivity contribution is 7.98. The first-order valence-corrected chi connectivity index (χ1v) is 11.9. The lowest BCUT2D eigenvalue weighted by Crippen LogP contribution is -2.19. The largest absolute Gasteiger partial charge is 0.497 e. The highest BCUT2D eigenvalue weighted by Gasteiger charge is 2.15. The van der Waals surface area contributed by atoms with Crippen molar-refractivity contribution in [2.75, 3.05) is 18.7 Å². The molecule has 4 rings (SSSR count). The summed E-state index contributed by atoms with van der Waals surface area (Å²) in [7, 11) is 1.66. The zero-order valence-corrected chi connectivity index (χ0v) is 18.9. The first-order chi connectivity index (χ1) is 15.2. The molecule has 0 aliphatic rings. The van der Waals surface area contributed by atoms with Crippen LogP contribution in [0.1, 0.15) is 5.56 Å². The number of amides is 1. The van der Waals surface area contributed by atoms with Gasteiger partial charge in [0.05, 0.1) is 24.3 Å². The van der Waals surface area contributed by atoms with Crippen LogP contribution >= 0.6 is 23.5 Å². The van der Waals surface area contributed by atoms with Crippen molar-refractivity contribution in [1.82, 2.24) is 14.5 Å². The van der Waals surface area contributed by atoms with E-state index in [1.54, 1.807) is 43.0 Å². The second-order valence-corrected chi connectivity index (χ2v) is 8.59. The van der Waals surface area contributed by atoms with Crippen molar-refractivity contribution in [3.05, 3.63) is 72.6 Å². The van der Waals surface area contributed by atoms with Crippen LogP contribution in [0.2, 0.25) is 0 Å². The van der Waals surface area contributed by atoms with Crippen LogP contribution in [0.3, 0.4) is 0 Å². The number of nitrogens with zero attached hydrogens (tertiary/aromatic N) is 3. The molecule has 6 nitrogen and oxygen atoms in total. The molecule has 8 heteroatoms. The smallest absolute Gasteiger partial charge is 0.244 e. The standard InChI is InChI=1S/C23H22N4O2S2/c1-29-18-7-3-5-16(11-18)15-31-23-26-20-9-10-24-13-21(20)27(23)14-22(28)25-17-6-4-8-19(12-17)30-2/h3-13H,14-15H2,1-2H3,(H,25,28). The summed E-state index contributed by atoms with van der Waals surface area (Å²) in [4.78, 5) is 22.9. The van der Waals surface area contributed by atoms with Gasteiger partial charge in [0.1, 0.15) is 12.3 Å². The molecule has 0 spiro atoms. The summed E-state index contributed by atoms with van der Waals surface area (Å²) in [6.07, 6.45) is 5.47. The lowest BCUT2D eigenvalue weighted by Gasteiger charge is -2.10. The Bertz CT molecular complexity index is 1210. The molecule has 0 saturated carbocycles. The molecular formula is C23H22N4O2S2. The third-order valence-corrected chi connectivity index (χ3v) is 6.45. The summed E-state index contributed by atoms with van der Waals surface area (Å²) in [6.45, 7) is 0.159. The quantitative estimate of drug-likeness (QED) is 0.377. The Morgan fingerprint density at radius 1 is 1.16 bits per heavy atom. The molecule has 0 aliphatic carbocycles. The summed E-state index contributed by atoms with van der Waals surface area (Å²) >= 11 is 3.22. The number of benzene rings is 2. The van der Waals surface area contributed by atoms with E-state index in [0.717, 1.165) is 38.1 Å². The second kappa shape index (κ2) is 9.89. The van der Waals surface area contributed by atoms with Crippen LogP contribution in [0, 0.1) is 0 Å². The highest BCUT2D eigenvalue weighted by Crippen LogP contribution is 2.28. The monoisotopic (exact) mass is 450 g/mol. The molecule has 0 fully saturated rings. The van der Waals surface area contributed by atoms with Gasteiger partial charge in [0, 0.05) is 22.5 Å². The van der Waals surface area contributed by atoms with Crippen LogP contribution in [0.15, 0.2) is 77.0 Å². The Hall–Kier alpha value is -2.97. The molecule has 0 atom stereocenters. The fourth-order valence-electron chi connectivity index (χ4n) is 3.17. The molecule has 1 amide bonds. The number of aromatic nitrogens is 3. The molecule has 1 N–H and O–H groups in total. The lowest BCUT2D eigenvalue weighted by molar-refractivity contribution is -0.116. The van der Waals surface area contributed by atoms with Crippen molar-refractivity contribution in [2.45, 2.75) is 22.3 Å². The number of fused-ring (bicyclic) bond motifs is 1.